The Morgan fingerprint density at radius 1 is 1.35 bits per heavy atom. The molecule has 5 nitrogen and oxygen atoms in total. The summed E-state index contributed by atoms with van der Waals surface area (Å²) < 4.78 is 0. The van der Waals surface area contributed by atoms with E-state index >= 15 is 0 Å². The minimum absolute atomic E-state index is 0.0787. The molecule has 1 aliphatic carbocycles. The second-order valence-corrected chi connectivity index (χ2v) is 5.36. The maximum absolute atomic E-state index is 11.9. The summed E-state index contributed by atoms with van der Waals surface area (Å²) in [5.41, 5.74) is 1.49. The SMILES string of the molecule is O=C=NC1(c2cccc(N3CCNCC3=O)c2)CCC1. The summed E-state index contributed by atoms with van der Waals surface area (Å²) in [6.07, 6.45) is 4.52. The molecule has 0 spiro atoms. The van der Waals surface area contributed by atoms with Crippen molar-refractivity contribution in [3.8, 4) is 0 Å². The Morgan fingerprint density at radius 3 is 2.85 bits per heavy atom. The smallest absolute Gasteiger partial charge is 0.240 e. The van der Waals surface area contributed by atoms with E-state index in [1.54, 1.807) is 11.0 Å². The van der Waals surface area contributed by atoms with Crippen LogP contribution in [0.1, 0.15) is 24.8 Å². The van der Waals surface area contributed by atoms with Gasteiger partial charge >= 0.3 is 0 Å². The van der Waals surface area contributed by atoms with E-state index in [-0.39, 0.29) is 5.91 Å². The Bertz CT molecular complexity index is 574. The normalized spacial score (nSPS) is 21.0. The van der Waals surface area contributed by atoms with Crippen LogP contribution in [0.2, 0.25) is 0 Å². The molecular formula is C15H17N3O2. The van der Waals surface area contributed by atoms with Crippen molar-refractivity contribution in [3.63, 3.8) is 0 Å². The molecule has 2 fully saturated rings. The summed E-state index contributed by atoms with van der Waals surface area (Å²) in [5.74, 6) is 0.0787. The summed E-state index contributed by atoms with van der Waals surface area (Å²) >= 11 is 0. The van der Waals surface area contributed by atoms with Crippen molar-refractivity contribution >= 4 is 17.7 Å². The first-order valence-corrected chi connectivity index (χ1v) is 6.96. The lowest BCUT2D eigenvalue weighted by molar-refractivity contribution is -0.118. The van der Waals surface area contributed by atoms with Crippen LogP contribution in [0.25, 0.3) is 0 Å². The Morgan fingerprint density at radius 2 is 2.20 bits per heavy atom. The van der Waals surface area contributed by atoms with E-state index in [9.17, 15) is 9.59 Å². The molecule has 1 aliphatic heterocycles. The number of aliphatic imine (C=N–C) groups is 1. The molecule has 104 valence electrons. The standard InChI is InChI=1S/C15H17N3O2/c19-11-17-15(5-2-6-15)12-3-1-4-13(9-12)18-8-7-16-10-14(18)20/h1,3-4,9,16H,2,5-8,10H2. The van der Waals surface area contributed by atoms with E-state index in [0.29, 0.717) is 13.1 Å². The molecule has 20 heavy (non-hydrogen) atoms. The minimum atomic E-state index is -0.408. The van der Waals surface area contributed by atoms with Gasteiger partial charge in [-0.3, -0.25) is 4.79 Å². The third-order valence-corrected chi connectivity index (χ3v) is 4.23. The molecule has 0 unspecified atom stereocenters. The van der Waals surface area contributed by atoms with Crippen molar-refractivity contribution in [2.45, 2.75) is 24.8 Å². The highest BCUT2D eigenvalue weighted by Crippen LogP contribution is 2.45. The number of carbonyl (C=O) groups is 1. The number of amides is 1. The number of benzene rings is 1. The predicted molar refractivity (Wildman–Crippen MR) is 75.3 cm³/mol. The molecule has 3 rings (SSSR count). The lowest BCUT2D eigenvalue weighted by Gasteiger charge is -2.38. The lowest BCUT2D eigenvalue weighted by Crippen LogP contribution is -2.48. The fourth-order valence-corrected chi connectivity index (χ4v) is 2.91. The number of rotatable bonds is 3. The van der Waals surface area contributed by atoms with Crippen LogP contribution in [0.4, 0.5) is 5.69 Å². The summed E-state index contributed by atoms with van der Waals surface area (Å²) in [4.78, 5) is 28.4. The molecule has 1 saturated heterocycles. The van der Waals surface area contributed by atoms with Gasteiger partial charge in [-0.05, 0) is 37.0 Å². The highest BCUT2D eigenvalue weighted by atomic mass is 16.2. The fraction of sp³-hybridized carbons (Fsp3) is 0.467. The molecule has 1 N–H and O–H groups in total. The molecule has 1 aromatic carbocycles. The van der Waals surface area contributed by atoms with Gasteiger partial charge in [-0.1, -0.05) is 12.1 Å². The molecule has 1 saturated carbocycles. The van der Waals surface area contributed by atoms with Crippen LogP contribution in [-0.2, 0) is 15.1 Å². The molecule has 1 amide bonds. The number of hydrogen-bond donors (Lipinski definition) is 1. The highest BCUT2D eigenvalue weighted by molar-refractivity contribution is 5.95. The zero-order valence-corrected chi connectivity index (χ0v) is 11.3. The van der Waals surface area contributed by atoms with Crippen LogP contribution in [0, 0.1) is 0 Å². The van der Waals surface area contributed by atoms with Gasteiger partial charge in [0.05, 0.1) is 12.1 Å². The van der Waals surface area contributed by atoms with Crippen LogP contribution in [-0.4, -0.2) is 31.6 Å². The van der Waals surface area contributed by atoms with E-state index in [0.717, 1.165) is 37.1 Å². The predicted octanol–water partition coefficient (Wildman–Crippen LogP) is 1.34. The molecular weight excluding hydrogens is 254 g/mol. The molecule has 0 atom stereocenters. The Balaban J connectivity index is 1.93. The molecule has 0 aromatic heterocycles. The highest BCUT2D eigenvalue weighted by Gasteiger charge is 2.39. The van der Waals surface area contributed by atoms with Gasteiger partial charge in [0.25, 0.3) is 0 Å². The number of piperazine rings is 1. The molecule has 0 bridgehead atoms. The maximum Gasteiger partial charge on any atom is 0.240 e. The van der Waals surface area contributed by atoms with Crippen molar-refractivity contribution in [1.82, 2.24) is 5.32 Å². The second-order valence-electron chi connectivity index (χ2n) is 5.36. The van der Waals surface area contributed by atoms with E-state index in [4.69, 9.17) is 0 Å². The quantitative estimate of drug-likeness (QED) is 0.666. The Kier molecular flexibility index (Phi) is 3.38. The molecule has 2 aliphatic rings. The largest absolute Gasteiger partial charge is 0.310 e. The van der Waals surface area contributed by atoms with Crippen LogP contribution in [0.3, 0.4) is 0 Å². The minimum Gasteiger partial charge on any atom is -0.310 e. The van der Waals surface area contributed by atoms with Crippen molar-refractivity contribution in [2.24, 2.45) is 4.99 Å². The Labute approximate surface area is 117 Å². The van der Waals surface area contributed by atoms with Gasteiger partial charge in [0.15, 0.2) is 0 Å². The van der Waals surface area contributed by atoms with Gasteiger partial charge in [0.2, 0.25) is 12.0 Å². The zero-order valence-electron chi connectivity index (χ0n) is 11.3. The number of carbonyl (C=O) groups excluding carboxylic acids is 2. The van der Waals surface area contributed by atoms with E-state index < -0.39 is 5.54 Å². The lowest BCUT2D eigenvalue weighted by atomic mass is 9.72. The summed E-state index contributed by atoms with van der Waals surface area (Å²) in [5, 5.41) is 3.06. The van der Waals surface area contributed by atoms with Gasteiger partial charge in [-0.2, -0.15) is 4.99 Å². The van der Waals surface area contributed by atoms with Crippen LogP contribution < -0.4 is 10.2 Å². The summed E-state index contributed by atoms with van der Waals surface area (Å²) in [7, 11) is 0. The number of hydrogen-bond acceptors (Lipinski definition) is 4. The van der Waals surface area contributed by atoms with Crippen LogP contribution in [0.15, 0.2) is 29.3 Å². The van der Waals surface area contributed by atoms with Crippen LogP contribution in [0.5, 0.6) is 0 Å². The summed E-state index contributed by atoms with van der Waals surface area (Å²) in [6.45, 7) is 1.85. The Hall–Kier alpha value is -1.97. The van der Waals surface area contributed by atoms with Crippen molar-refractivity contribution in [3.05, 3.63) is 29.8 Å². The van der Waals surface area contributed by atoms with Crippen LogP contribution >= 0.6 is 0 Å². The van der Waals surface area contributed by atoms with E-state index in [2.05, 4.69) is 10.3 Å². The van der Waals surface area contributed by atoms with E-state index in [1.165, 1.54) is 0 Å². The van der Waals surface area contributed by atoms with Gasteiger partial charge in [0, 0.05) is 18.8 Å². The first kappa shape index (κ1) is 13.0. The van der Waals surface area contributed by atoms with Gasteiger partial charge in [0.1, 0.15) is 0 Å². The summed E-state index contributed by atoms with van der Waals surface area (Å²) in [6, 6.07) is 7.84. The monoisotopic (exact) mass is 271 g/mol. The zero-order chi connectivity index (χ0) is 14.0. The first-order chi connectivity index (χ1) is 9.75. The second kappa shape index (κ2) is 5.19. The number of nitrogens with one attached hydrogen (secondary N) is 1. The topological polar surface area (TPSA) is 61.8 Å². The average molecular weight is 271 g/mol. The van der Waals surface area contributed by atoms with Gasteiger partial charge in [-0.25, -0.2) is 4.79 Å². The maximum atomic E-state index is 11.9. The number of isocyanates is 1. The third-order valence-electron chi connectivity index (χ3n) is 4.23. The van der Waals surface area contributed by atoms with Crippen molar-refractivity contribution in [1.29, 1.82) is 0 Å². The van der Waals surface area contributed by atoms with Gasteiger partial charge < -0.3 is 10.2 Å². The molecule has 5 heteroatoms. The molecule has 1 aromatic rings. The first-order valence-electron chi connectivity index (χ1n) is 6.96. The van der Waals surface area contributed by atoms with E-state index in [1.807, 2.05) is 24.3 Å². The molecule has 1 heterocycles. The van der Waals surface area contributed by atoms with Crippen molar-refractivity contribution < 1.29 is 9.59 Å². The average Bonchev–Trinajstić information content (AvgIpc) is 2.43. The van der Waals surface area contributed by atoms with Gasteiger partial charge in [-0.15, -0.1) is 0 Å². The van der Waals surface area contributed by atoms with Crippen molar-refractivity contribution in [2.75, 3.05) is 24.5 Å². The number of anilines is 1. The fourth-order valence-electron chi connectivity index (χ4n) is 2.91. The number of nitrogens with zero attached hydrogens (tertiary/aromatic N) is 2. The molecule has 0 radical (unpaired) electrons. The third kappa shape index (κ3) is 2.15.